The highest BCUT2D eigenvalue weighted by atomic mass is 16.5. The number of hydrogen-bond donors (Lipinski definition) is 1. The summed E-state index contributed by atoms with van der Waals surface area (Å²) in [4.78, 5) is 0. The predicted molar refractivity (Wildman–Crippen MR) is 63.5 cm³/mol. The van der Waals surface area contributed by atoms with E-state index >= 15 is 0 Å². The van der Waals surface area contributed by atoms with E-state index in [1.54, 1.807) is 27.4 Å². The van der Waals surface area contributed by atoms with Crippen molar-refractivity contribution in [2.75, 3.05) is 21.3 Å². The van der Waals surface area contributed by atoms with E-state index in [0.29, 0.717) is 5.75 Å². The summed E-state index contributed by atoms with van der Waals surface area (Å²) in [6.07, 6.45) is 0.719. The van der Waals surface area contributed by atoms with E-state index in [-0.39, 0.29) is 6.04 Å². The van der Waals surface area contributed by atoms with Gasteiger partial charge in [-0.05, 0) is 19.4 Å². The topological polar surface area (TPSA) is 53.7 Å². The molecule has 0 radical (unpaired) electrons. The molecule has 1 aromatic rings. The van der Waals surface area contributed by atoms with E-state index in [4.69, 9.17) is 19.9 Å². The first-order chi connectivity index (χ1) is 7.62. The molecule has 0 aromatic heterocycles. The summed E-state index contributed by atoms with van der Waals surface area (Å²) in [7, 11) is 4.85. The van der Waals surface area contributed by atoms with Crippen molar-refractivity contribution in [1.82, 2.24) is 0 Å². The van der Waals surface area contributed by atoms with Gasteiger partial charge in [0.15, 0.2) is 11.5 Å². The Balaban J connectivity index is 3.19. The zero-order valence-corrected chi connectivity index (χ0v) is 10.2. The minimum absolute atomic E-state index is 0.0608. The number of hydrogen-bond acceptors (Lipinski definition) is 4. The van der Waals surface area contributed by atoms with Gasteiger partial charge in [0.05, 0.1) is 21.3 Å². The van der Waals surface area contributed by atoms with Crippen molar-refractivity contribution in [3.8, 4) is 17.2 Å². The SMILES string of the molecule is COc1cc(C[C@@H](C)N)c(OC)c(OC)c1. The number of benzene rings is 1. The van der Waals surface area contributed by atoms with E-state index < -0.39 is 0 Å². The average Bonchev–Trinajstić information content (AvgIpc) is 2.27. The molecule has 0 unspecified atom stereocenters. The lowest BCUT2D eigenvalue weighted by Gasteiger charge is -2.15. The molecule has 0 aliphatic heterocycles. The smallest absolute Gasteiger partial charge is 0.164 e. The number of nitrogens with two attached hydrogens (primary N) is 1. The van der Waals surface area contributed by atoms with Crippen LogP contribution in [0.2, 0.25) is 0 Å². The largest absolute Gasteiger partial charge is 0.497 e. The Hall–Kier alpha value is -1.42. The first-order valence-corrected chi connectivity index (χ1v) is 5.16. The molecule has 4 heteroatoms. The minimum Gasteiger partial charge on any atom is -0.497 e. The fraction of sp³-hybridized carbons (Fsp3) is 0.500. The van der Waals surface area contributed by atoms with Gasteiger partial charge in [0, 0.05) is 17.7 Å². The molecule has 0 aliphatic carbocycles. The van der Waals surface area contributed by atoms with Gasteiger partial charge < -0.3 is 19.9 Å². The molecule has 0 fully saturated rings. The van der Waals surface area contributed by atoms with Gasteiger partial charge in [0.25, 0.3) is 0 Å². The molecule has 0 amide bonds. The van der Waals surface area contributed by atoms with Crippen LogP contribution in [-0.4, -0.2) is 27.4 Å². The van der Waals surface area contributed by atoms with Crippen LogP contribution < -0.4 is 19.9 Å². The van der Waals surface area contributed by atoms with Crippen molar-refractivity contribution >= 4 is 0 Å². The second kappa shape index (κ2) is 5.61. The molecule has 1 atom stereocenters. The molecule has 0 aliphatic rings. The molecule has 0 saturated heterocycles. The van der Waals surface area contributed by atoms with Crippen molar-refractivity contribution in [1.29, 1.82) is 0 Å². The third-order valence-electron chi connectivity index (χ3n) is 2.31. The molecule has 0 heterocycles. The van der Waals surface area contributed by atoms with Gasteiger partial charge in [-0.3, -0.25) is 0 Å². The molecule has 4 nitrogen and oxygen atoms in total. The van der Waals surface area contributed by atoms with E-state index in [0.717, 1.165) is 23.5 Å². The summed E-state index contributed by atoms with van der Waals surface area (Å²) >= 11 is 0. The Morgan fingerprint density at radius 1 is 1.12 bits per heavy atom. The summed E-state index contributed by atoms with van der Waals surface area (Å²) in [5.74, 6) is 2.13. The van der Waals surface area contributed by atoms with Gasteiger partial charge in [-0.15, -0.1) is 0 Å². The Morgan fingerprint density at radius 3 is 2.25 bits per heavy atom. The van der Waals surface area contributed by atoms with E-state index in [2.05, 4.69) is 0 Å². The quantitative estimate of drug-likeness (QED) is 0.827. The van der Waals surface area contributed by atoms with Gasteiger partial charge in [-0.2, -0.15) is 0 Å². The number of rotatable bonds is 5. The third-order valence-corrected chi connectivity index (χ3v) is 2.31. The summed E-state index contributed by atoms with van der Waals surface area (Å²) in [5.41, 5.74) is 6.79. The van der Waals surface area contributed by atoms with Crippen molar-refractivity contribution in [2.45, 2.75) is 19.4 Å². The van der Waals surface area contributed by atoms with Crippen LogP contribution in [0.4, 0.5) is 0 Å². The number of methoxy groups -OCH3 is 3. The molecular weight excluding hydrogens is 206 g/mol. The highest BCUT2D eigenvalue weighted by Crippen LogP contribution is 2.35. The molecule has 0 spiro atoms. The van der Waals surface area contributed by atoms with Crippen LogP contribution in [0.3, 0.4) is 0 Å². The zero-order valence-electron chi connectivity index (χ0n) is 10.2. The van der Waals surface area contributed by atoms with E-state index in [1.165, 1.54) is 0 Å². The van der Waals surface area contributed by atoms with Gasteiger partial charge >= 0.3 is 0 Å². The maximum absolute atomic E-state index is 5.79. The van der Waals surface area contributed by atoms with Crippen LogP contribution in [0.15, 0.2) is 12.1 Å². The predicted octanol–water partition coefficient (Wildman–Crippen LogP) is 1.60. The average molecular weight is 225 g/mol. The van der Waals surface area contributed by atoms with Crippen LogP contribution in [0.25, 0.3) is 0 Å². The number of ether oxygens (including phenoxy) is 3. The molecule has 1 aromatic carbocycles. The fourth-order valence-corrected chi connectivity index (χ4v) is 1.63. The molecule has 2 N–H and O–H groups in total. The molecule has 1 rings (SSSR count). The molecule has 90 valence electrons. The van der Waals surface area contributed by atoms with E-state index in [9.17, 15) is 0 Å². The fourth-order valence-electron chi connectivity index (χ4n) is 1.63. The molecule has 16 heavy (non-hydrogen) atoms. The Morgan fingerprint density at radius 2 is 1.81 bits per heavy atom. The van der Waals surface area contributed by atoms with Crippen molar-refractivity contribution < 1.29 is 14.2 Å². The second-order valence-electron chi connectivity index (χ2n) is 3.70. The maximum atomic E-state index is 5.79. The maximum Gasteiger partial charge on any atom is 0.164 e. The summed E-state index contributed by atoms with van der Waals surface area (Å²) < 4.78 is 15.8. The first kappa shape index (κ1) is 12.6. The lowest BCUT2D eigenvalue weighted by Crippen LogP contribution is -2.18. The zero-order chi connectivity index (χ0) is 12.1. The standard InChI is InChI=1S/C12H19NO3/c1-8(13)5-9-6-10(14-2)7-11(15-3)12(9)16-4/h6-8H,5,13H2,1-4H3/t8-/m1/s1. The van der Waals surface area contributed by atoms with Crippen LogP contribution in [0, 0.1) is 0 Å². The lowest BCUT2D eigenvalue weighted by molar-refractivity contribution is 0.345. The van der Waals surface area contributed by atoms with Crippen molar-refractivity contribution in [3.05, 3.63) is 17.7 Å². The highest BCUT2D eigenvalue weighted by molar-refractivity contribution is 5.52. The Bertz CT molecular complexity index is 350. The van der Waals surface area contributed by atoms with Gasteiger partial charge in [-0.1, -0.05) is 0 Å². The van der Waals surface area contributed by atoms with Crippen molar-refractivity contribution in [3.63, 3.8) is 0 Å². The Labute approximate surface area is 96.3 Å². The van der Waals surface area contributed by atoms with Gasteiger partial charge in [0.1, 0.15) is 5.75 Å². The summed E-state index contributed by atoms with van der Waals surface area (Å²) in [6, 6.07) is 3.78. The second-order valence-corrected chi connectivity index (χ2v) is 3.70. The summed E-state index contributed by atoms with van der Waals surface area (Å²) in [6.45, 7) is 1.95. The minimum atomic E-state index is 0.0608. The highest BCUT2D eigenvalue weighted by Gasteiger charge is 2.13. The van der Waals surface area contributed by atoms with Crippen molar-refractivity contribution in [2.24, 2.45) is 5.73 Å². The third kappa shape index (κ3) is 2.79. The van der Waals surface area contributed by atoms with Crippen LogP contribution >= 0.6 is 0 Å². The van der Waals surface area contributed by atoms with Gasteiger partial charge in [0.2, 0.25) is 0 Å². The Kier molecular flexibility index (Phi) is 4.43. The monoisotopic (exact) mass is 225 g/mol. The van der Waals surface area contributed by atoms with Crippen LogP contribution in [0.1, 0.15) is 12.5 Å². The first-order valence-electron chi connectivity index (χ1n) is 5.16. The molecular formula is C12H19NO3. The molecule has 0 saturated carbocycles. The molecule has 0 bridgehead atoms. The van der Waals surface area contributed by atoms with Crippen LogP contribution in [-0.2, 0) is 6.42 Å². The normalized spacial score (nSPS) is 12.1. The van der Waals surface area contributed by atoms with Gasteiger partial charge in [-0.25, -0.2) is 0 Å². The summed E-state index contributed by atoms with van der Waals surface area (Å²) in [5, 5.41) is 0. The van der Waals surface area contributed by atoms with E-state index in [1.807, 2.05) is 13.0 Å². The van der Waals surface area contributed by atoms with Crippen LogP contribution in [0.5, 0.6) is 17.2 Å². The lowest BCUT2D eigenvalue weighted by atomic mass is 10.1.